The molecule has 0 radical (unpaired) electrons. The number of allylic oxidation sites excluding steroid dienone is 1. The van der Waals surface area contributed by atoms with E-state index in [0.717, 1.165) is 23.4 Å². The van der Waals surface area contributed by atoms with Gasteiger partial charge in [-0.2, -0.15) is 0 Å². The van der Waals surface area contributed by atoms with Gasteiger partial charge in [0, 0.05) is 42.1 Å². The lowest BCUT2D eigenvalue weighted by molar-refractivity contribution is -0.111. The molecule has 0 spiro atoms. The van der Waals surface area contributed by atoms with Gasteiger partial charge in [0.15, 0.2) is 10.9 Å². The van der Waals surface area contributed by atoms with Crippen LogP contribution >= 0.6 is 23.4 Å². The number of halogens is 2. The van der Waals surface area contributed by atoms with Crippen LogP contribution in [0.15, 0.2) is 35.7 Å². The van der Waals surface area contributed by atoms with Gasteiger partial charge in [-0.1, -0.05) is 18.2 Å². The molecule has 1 aromatic carbocycles. The van der Waals surface area contributed by atoms with E-state index in [1.165, 1.54) is 0 Å². The highest BCUT2D eigenvalue weighted by Crippen LogP contribution is 2.38. The van der Waals surface area contributed by atoms with E-state index in [1.54, 1.807) is 42.0 Å². The number of hydrogen-bond donors (Lipinski definition) is 3. The number of carbonyl (C=O) groups excluding carboxylic acids is 1. The Balaban J connectivity index is 1.82. The van der Waals surface area contributed by atoms with E-state index in [2.05, 4.69) is 10.3 Å². The largest absolute Gasteiger partial charge is 0.393 e. The Kier molecular flexibility index (Phi) is 8.60. The van der Waals surface area contributed by atoms with Crippen LogP contribution in [0, 0.1) is 5.92 Å². The molecule has 3 N–H and O–H groups in total. The summed E-state index contributed by atoms with van der Waals surface area (Å²) in [5, 5.41) is 23.2. The summed E-state index contributed by atoms with van der Waals surface area (Å²) in [5.74, 6) is -2.82. The summed E-state index contributed by atoms with van der Waals surface area (Å²) in [5.41, 5.74) is 1.17. The van der Waals surface area contributed by atoms with Crippen LogP contribution in [-0.2, 0) is 9.13 Å². The predicted octanol–water partition coefficient (Wildman–Crippen LogP) is 4.60. The van der Waals surface area contributed by atoms with Gasteiger partial charge in [0.1, 0.15) is 6.10 Å². The summed E-state index contributed by atoms with van der Waals surface area (Å²) >= 11 is 2.16. The zero-order valence-corrected chi connectivity index (χ0v) is 18.9. The highest BCUT2D eigenvalue weighted by molar-refractivity contribution is 7.93. The molecule has 0 saturated heterocycles. The molecule has 1 saturated carbocycles. The molecule has 1 heterocycles. The van der Waals surface area contributed by atoms with Crippen molar-refractivity contribution >= 4 is 40.0 Å². The number of aromatic nitrogens is 1. The number of anilines is 1. The lowest BCUT2D eigenvalue weighted by atomic mass is 9.84. The number of rotatable bonds is 9. The number of alkyl halides is 2. The van der Waals surface area contributed by atoms with E-state index < -0.39 is 24.5 Å². The molecule has 0 aliphatic heterocycles. The van der Waals surface area contributed by atoms with Gasteiger partial charge in [-0.3, -0.25) is 10.1 Å². The van der Waals surface area contributed by atoms with Gasteiger partial charge in [0.25, 0.3) is 5.91 Å². The van der Waals surface area contributed by atoms with Gasteiger partial charge < -0.3 is 15.1 Å². The summed E-state index contributed by atoms with van der Waals surface area (Å²) in [7, 11) is 0. The molecular formula is C21H24F2N2O5S2. The molecule has 1 aromatic heterocycles. The molecule has 1 unspecified atom stereocenters. The zero-order valence-electron chi connectivity index (χ0n) is 17.3. The molecule has 174 valence electrons. The van der Waals surface area contributed by atoms with Crippen LogP contribution < -0.4 is 10.2 Å². The average molecular weight is 487 g/mol. The number of nitrogens with zero attached hydrogens (tertiary/aromatic N) is 1. The van der Waals surface area contributed by atoms with Crippen molar-refractivity contribution in [2.45, 2.75) is 37.7 Å². The van der Waals surface area contributed by atoms with Crippen LogP contribution in [0.2, 0.25) is 0 Å². The van der Waals surface area contributed by atoms with Crippen LogP contribution in [0.4, 0.5) is 13.9 Å². The second-order valence-electron chi connectivity index (χ2n) is 7.35. The average Bonchev–Trinajstić information content (AvgIpc) is 3.25. The number of aliphatic hydroxyl groups excluding tert-OH is 2. The third-order valence-corrected chi connectivity index (χ3v) is 6.01. The molecule has 11 heteroatoms. The van der Waals surface area contributed by atoms with Crippen LogP contribution in [0.5, 0.6) is 5.75 Å². The molecule has 32 heavy (non-hydrogen) atoms. The molecule has 1 atom stereocenters. The Hall–Kier alpha value is -2.05. The van der Waals surface area contributed by atoms with Gasteiger partial charge in [-0.25, -0.2) is 13.8 Å². The Morgan fingerprint density at radius 2 is 2.06 bits per heavy atom. The van der Waals surface area contributed by atoms with Gasteiger partial charge in [0.05, 0.1) is 12.3 Å². The molecule has 3 rings (SSSR count). The van der Waals surface area contributed by atoms with Crippen LogP contribution in [0.1, 0.15) is 43.0 Å². The first-order valence-corrected chi connectivity index (χ1v) is 12.0. The van der Waals surface area contributed by atoms with Crippen LogP contribution in [0.3, 0.4) is 0 Å². The number of thiazole rings is 1. The standard InChI is InChI=1S/C21H24F2N2O5S2/c1-31-30-29-15-4-2-14(3-5-15)16(10-13-6-8-21(22,23)9-7-13)19(28)25-20-24-17(12-32-20)18(27)11-26/h2-5,10,12-13,18,26-27H,6-9,11H2,1H3,(H,24,25,28). The van der Waals surface area contributed by atoms with Crippen molar-refractivity contribution in [3.05, 3.63) is 47.0 Å². The van der Waals surface area contributed by atoms with E-state index in [0.29, 0.717) is 16.9 Å². The minimum absolute atomic E-state index is 0.158. The lowest BCUT2D eigenvalue weighted by Crippen LogP contribution is -2.24. The second-order valence-corrected chi connectivity index (χ2v) is 8.67. The van der Waals surface area contributed by atoms with E-state index in [9.17, 15) is 18.7 Å². The number of benzene rings is 1. The first-order chi connectivity index (χ1) is 15.3. The normalized spacial score (nSPS) is 17.7. The molecule has 1 fully saturated rings. The van der Waals surface area contributed by atoms with Crippen LogP contribution in [-0.4, -0.2) is 39.9 Å². The lowest BCUT2D eigenvalue weighted by Gasteiger charge is -2.27. The van der Waals surface area contributed by atoms with E-state index in [1.807, 2.05) is 0 Å². The van der Waals surface area contributed by atoms with Crippen molar-refractivity contribution in [3.63, 3.8) is 0 Å². The monoisotopic (exact) mass is 486 g/mol. The third kappa shape index (κ3) is 6.72. The number of amides is 1. The van der Waals surface area contributed by atoms with E-state index >= 15 is 0 Å². The maximum Gasteiger partial charge on any atom is 0.257 e. The van der Waals surface area contributed by atoms with Crippen LogP contribution in [0.25, 0.3) is 5.57 Å². The molecule has 1 amide bonds. The Morgan fingerprint density at radius 3 is 2.69 bits per heavy atom. The first-order valence-electron chi connectivity index (χ1n) is 9.94. The Labute approximate surface area is 192 Å². The van der Waals surface area contributed by atoms with Crippen molar-refractivity contribution in [2.24, 2.45) is 5.92 Å². The summed E-state index contributed by atoms with van der Waals surface area (Å²) in [6, 6.07) is 6.65. The molecule has 0 bridgehead atoms. The summed E-state index contributed by atoms with van der Waals surface area (Å²) < 4.78 is 31.9. The van der Waals surface area contributed by atoms with E-state index in [4.69, 9.17) is 14.3 Å². The van der Waals surface area contributed by atoms with Gasteiger partial charge in [-0.05, 0) is 36.5 Å². The Morgan fingerprint density at radius 1 is 1.38 bits per heavy atom. The predicted molar refractivity (Wildman–Crippen MR) is 119 cm³/mol. The summed E-state index contributed by atoms with van der Waals surface area (Å²) in [4.78, 5) is 22.3. The first kappa shape index (κ1) is 24.6. The smallest absolute Gasteiger partial charge is 0.257 e. The fourth-order valence-corrected chi connectivity index (χ4v) is 4.18. The molecule has 1 aliphatic rings. The van der Waals surface area contributed by atoms with Crippen molar-refractivity contribution in [3.8, 4) is 5.75 Å². The van der Waals surface area contributed by atoms with Gasteiger partial charge >= 0.3 is 0 Å². The zero-order chi connectivity index (χ0) is 23.1. The van der Waals surface area contributed by atoms with Crippen molar-refractivity contribution < 1.29 is 33.0 Å². The second kappa shape index (κ2) is 11.2. The minimum atomic E-state index is -2.66. The van der Waals surface area contributed by atoms with Crippen molar-refractivity contribution in [1.82, 2.24) is 4.98 Å². The van der Waals surface area contributed by atoms with Crippen molar-refractivity contribution in [1.29, 1.82) is 0 Å². The minimum Gasteiger partial charge on any atom is -0.393 e. The third-order valence-electron chi connectivity index (χ3n) is 5.03. The molecular weight excluding hydrogens is 462 g/mol. The fourth-order valence-electron chi connectivity index (χ4n) is 3.29. The number of aliphatic hydroxyl groups is 2. The molecule has 1 aliphatic carbocycles. The Bertz CT molecular complexity index is 927. The number of nitrogens with one attached hydrogen (secondary N) is 1. The maximum absolute atomic E-state index is 13.6. The molecule has 7 nitrogen and oxygen atoms in total. The number of carbonyl (C=O) groups is 1. The highest BCUT2D eigenvalue weighted by Gasteiger charge is 2.34. The maximum atomic E-state index is 13.6. The van der Waals surface area contributed by atoms with Gasteiger partial charge in [0.2, 0.25) is 5.92 Å². The molecule has 2 aromatic rings. The number of hydrogen-bond acceptors (Lipinski definition) is 8. The van der Waals surface area contributed by atoms with Crippen molar-refractivity contribution in [2.75, 3.05) is 18.2 Å². The SMILES string of the molecule is CSOOc1ccc(C(=CC2CCC(F)(F)CC2)C(=O)Nc2nc(C(O)CO)cs2)cc1. The highest BCUT2D eigenvalue weighted by atomic mass is 32.2. The quantitative estimate of drug-likeness (QED) is 0.206. The topological polar surface area (TPSA) is 101 Å². The summed E-state index contributed by atoms with van der Waals surface area (Å²) in [6.07, 6.45) is 2.46. The van der Waals surface area contributed by atoms with Gasteiger partial charge in [-0.15, -0.1) is 15.7 Å². The summed E-state index contributed by atoms with van der Waals surface area (Å²) in [6.45, 7) is -0.483. The fraction of sp³-hybridized carbons (Fsp3) is 0.429. The van der Waals surface area contributed by atoms with E-state index in [-0.39, 0.29) is 42.4 Å².